The van der Waals surface area contributed by atoms with Gasteiger partial charge in [0.2, 0.25) is 0 Å². The van der Waals surface area contributed by atoms with Crippen LogP contribution in [0.25, 0.3) is 0 Å². The molecule has 1 aromatic rings. The van der Waals surface area contributed by atoms with Crippen molar-refractivity contribution >= 4 is 5.69 Å². The van der Waals surface area contributed by atoms with E-state index in [0.29, 0.717) is 18.2 Å². The first kappa shape index (κ1) is 12.2. The van der Waals surface area contributed by atoms with Crippen LogP contribution in [0, 0.1) is 5.92 Å². The monoisotopic (exact) mass is 234 g/mol. The van der Waals surface area contributed by atoms with E-state index in [9.17, 15) is 5.11 Å². The molecule has 17 heavy (non-hydrogen) atoms. The van der Waals surface area contributed by atoms with Gasteiger partial charge < -0.3 is 16.2 Å². The number of phenolic OH excluding ortho intramolecular Hbond substituents is 1. The maximum absolute atomic E-state index is 9.75. The summed E-state index contributed by atoms with van der Waals surface area (Å²) >= 11 is 0. The molecular formula is C14H22N2O. The fourth-order valence-electron chi connectivity index (χ4n) is 2.70. The summed E-state index contributed by atoms with van der Waals surface area (Å²) in [5, 5.41) is 13.1. The van der Waals surface area contributed by atoms with Gasteiger partial charge in [-0.05, 0) is 30.9 Å². The highest BCUT2D eigenvalue weighted by molar-refractivity contribution is 5.55. The SMILES string of the molecule is NCC(Nc1ccccc1O)C1CCCCC1. The molecule has 2 rings (SSSR count). The average Bonchev–Trinajstić information content (AvgIpc) is 2.39. The predicted molar refractivity (Wildman–Crippen MR) is 71.1 cm³/mol. The second kappa shape index (κ2) is 5.92. The van der Waals surface area contributed by atoms with Gasteiger partial charge in [0.15, 0.2) is 0 Å². The Morgan fingerprint density at radius 1 is 1.24 bits per heavy atom. The largest absolute Gasteiger partial charge is 0.506 e. The smallest absolute Gasteiger partial charge is 0.138 e. The average molecular weight is 234 g/mol. The van der Waals surface area contributed by atoms with E-state index in [4.69, 9.17) is 5.73 Å². The van der Waals surface area contributed by atoms with E-state index < -0.39 is 0 Å². The van der Waals surface area contributed by atoms with Crippen molar-refractivity contribution in [2.75, 3.05) is 11.9 Å². The van der Waals surface area contributed by atoms with Gasteiger partial charge in [-0.15, -0.1) is 0 Å². The molecule has 0 spiro atoms. The van der Waals surface area contributed by atoms with Crippen molar-refractivity contribution in [2.24, 2.45) is 11.7 Å². The van der Waals surface area contributed by atoms with Gasteiger partial charge >= 0.3 is 0 Å². The number of hydrogen-bond donors (Lipinski definition) is 3. The van der Waals surface area contributed by atoms with Crippen LogP contribution in [0.5, 0.6) is 5.75 Å². The summed E-state index contributed by atoms with van der Waals surface area (Å²) < 4.78 is 0. The van der Waals surface area contributed by atoms with Crippen molar-refractivity contribution in [1.82, 2.24) is 0 Å². The molecule has 1 atom stereocenters. The van der Waals surface area contributed by atoms with E-state index in [-0.39, 0.29) is 6.04 Å². The lowest BCUT2D eigenvalue weighted by Gasteiger charge is -2.31. The number of phenols is 1. The maximum atomic E-state index is 9.75. The van der Waals surface area contributed by atoms with Crippen LogP contribution < -0.4 is 11.1 Å². The number of nitrogens with one attached hydrogen (secondary N) is 1. The molecule has 0 bridgehead atoms. The number of aromatic hydroxyl groups is 1. The molecule has 1 saturated carbocycles. The van der Waals surface area contributed by atoms with Crippen LogP contribution in [0.2, 0.25) is 0 Å². The molecule has 0 heterocycles. The second-order valence-corrected chi connectivity index (χ2v) is 4.90. The summed E-state index contributed by atoms with van der Waals surface area (Å²) in [5.41, 5.74) is 6.66. The van der Waals surface area contributed by atoms with E-state index in [1.165, 1.54) is 32.1 Å². The highest BCUT2D eigenvalue weighted by Crippen LogP contribution is 2.30. The summed E-state index contributed by atoms with van der Waals surface area (Å²) in [4.78, 5) is 0. The van der Waals surface area contributed by atoms with E-state index in [0.717, 1.165) is 5.69 Å². The molecule has 1 aromatic carbocycles. The zero-order valence-corrected chi connectivity index (χ0v) is 10.2. The number of hydrogen-bond acceptors (Lipinski definition) is 3. The minimum Gasteiger partial charge on any atom is -0.506 e. The van der Waals surface area contributed by atoms with Gasteiger partial charge in [-0.25, -0.2) is 0 Å². The molecule has 94 valence electrons. The fourth-order valence-corrected chi connectivity index (χ4v) is 2.70. The molecule has 1 aliphatic carbocycles. The summed E-state index contributed by atoms with van der Waals surface area (Å²) in [6.07, 6.45) is 6.47. The molecule has 1 fully saturated rings. The second-order valence-electron chi connectivity index (χ2n) is 4.90. The highest BCUT2D eigenvalue weighted by Gasteiger charge is 2.22. The maximum Gasteiger partial charge on any atom is 0.138 e. The van der Waals surface area contributed by atoms with Crippen molar-refractivity contribution in [3.63, 3.8) is 0 Å². The number of para-hydroxylation sites is 2. The molecule has 1 unspecified atom stereocenters. The Bertz CT molecular complexity index is 348. The molecule has 3 nitrogen and oxygen atoms in total. The Morgan fingerprint density at radius 2 is 1.94 bits per heavy atom. The Kier molecular flexibility index (Phi) is 4.26. The van der Waals surface area contributed by atoms with E-state index in [1.54, 1.807) is 6.07 Å². The number of nitrogens with two attached hydrogens (primary N) is 1. The predicted octanol–water partition coefficient (Wildman–Crippen LogP) is 2.71. The Labute approximate surface area is 103 Å². The lowest BCUT2D eigenvalue weighted by atomic mass is 9.84. The molecule has 1 aliphatic rings. The first-order chi connectivity index (χ1) is 8.31. The third-order valence-corrected chi connectivity index (χ3v) is 3.72. The summed E-state index contributed by atoms with van der Waals surface area (Å²) in [6, 6.07) is 7.65. The molecule has 3 heteroatoms. The summed E-state index contributed by atoms with van der Waals surface area (Å²) in [5.74, 6) is 0.954. The van der Waals surface area contributed by atoms with Gasteiger partial charge in [0, 0.05) is 12.6 Å². The zero-order chi connectivity index (χ0) is 12.1. The van der Waals surface area contributed by atoms with Gasteiger partial charge in [0.05, 0.1) is 5.69 Å². The first-order valence-electron chi connectivity index (χ1n) is 6.56. The fraction of sp³-hybridized carbons (Fsp3) is 0.571. The topological polar surface area (TPSA) is 58.3 Å². The highest BCUT2D eigenvalue weighted by atomic mass is 16.3. The Hall–Kier alpha value is -1.22. The van der Waals surface area contributed by atoms with Gasteiger partial charge in [0.25, 0.3) is 0 Å². The van der Waals surface area contributed by atoms with Crippen molar-refractivity contribution in [1.29, 1.82) is 0 Å². The van der Waals surface area contributed by atoms with Crippen LogP contribution in [-0.4, -0.2) is 17.7 Å². The first-order valence-corrected chi connectivity index (χ1v) is 6.56. The summed E-state index contributed by atoms with van der Waals surface area (Å²) in [6.45, 7) is 0.624. The molecule has 0 saturated heterocycles. The Balaban J connectivity index is 2.01. The van der Waals surface area contributed by atoms with Crippen LogP contribution in [0.4, 0.5) is 5.69 Å². The number of rotatable bonds is 4. The lowest BCUT2D eigenvalue weighted by molar-refractivity contribution is 0.320. The Morgan fingerprint density at radius 3 is 2.59 bits per heavy atom. The standard InChI is InChI=1S/C14H22N2O/c15-10-13(11-6-2-1-3-7-11)16-12-8-4-5-9-14(12)17/h4-5,8-9,11,13,16-17H,1-3,6-7,10,15H2. The quantitative estimate of drug-likeness (QED) is 0.702. The molecule has 0 aromatic heterocycles. The summed E-state index contributed by atoms with van der Waals surface area (Å²) in [7, 11) is 0. The van der Waals surface area contributed by atoms with E-state index in [2.05, 4.69) is 5.32 Å². The van der Waals surface area contributed by atoms with Crippen LogP contribution in [0.1, 0.15) is 32.1 Å². The van der Waals surface area contributed by atoms with Gasteiger partial charge in [-0.1, -0.05) is 31.4 Å². The minimum absolute atomic E-state index is 0.281. The van der Waals surface area contributed by atoms with Crippen LogP contribution in [0.3, 0.4) is 0 Å². The van der Waals surface area contributed by atoms with Gasteiger partial charge in [0.1, 0.15) is 5.75 Å². The van der Waals surface area contributed by atoms with E-state index in [1.807, 2.05) is 18.2 Å². The molecule has 0 amide bonds. The number of benzene rings is 1. The molecular weight excluding hydrogens is 212 g/mol. The number of anilines is 1. The lowest BCUT2D eigenvalue weighted by Crippen LogP contribution is -2.37. The third kappa shape index (κ3) is 3.13. The molecule has 0 aliphatic heterocycles. The van der Waals surface area contributed by atoms with Crippen molar-refractivity contribution in [2.45, 2.75) is 38.1 Å². The van der Waals surface area contributed by atoms with Crippen molar-refractivity contribution < 1.29 is 5.11 Å². The molecule has 0 radical (unpaired) electrons. The molecule has 4 N–H and O–H groups in total. The van der Waals surface area contributed by atoms with Crippen molar-refractivity contribution in [3.8, 4) is 5.75 Å². The van der Waals surface area contributed by atoms with Crippen LogP contribution in [-0.2, 0) is 0 Å². The zero-order valence-electron chi connectivity index (χ0n) is 10.2. The van der Waals surface area contributed by atoms with Crippen LogP contribution in [0.15, 0.2) is 24.3 Å². The third-order valence-electron chi connectivity index (χ3n) is 3.72. The van der Waals surface area contributed by atoms with Crippen molar-refractivity contribution in [3.05, 3.63) is 24.3 Å². The van der Waals surface area contributed by atoms with E-state index >= 15 is 0 Å². The van der Waals surface area contributed by atoms with Gasteiger partial charge in [-0.2, -0.15) is 0 Å². The normalized spacial score (nSPS) is 18.9. The van der Waals surface area contributed by atoms with Crippen LogP contribution >= 0.6 is 0 Å². The van der Waals surface area contributed by atoms with Gasteiger partial charge in [-0.3, -0.25) is 0 Å². The minimum atomic E-state index is 0.281.